The van der Waals surface area contributed by atoms with Gasteiger partial charge in [0.15, 0.2) is 0 Å². The third-order valence-corrected chi connectivity index (χ3v) is 3.24. The lowest BCUT2D eigenvalue weighted by molar-refractivity contribution is 0.191. The summed E-state index contributed by atoms with van der Waals surface area (Å²) in [5, 5.41) is 3.35. The maximum atomic E-state index is 6.15. The monoisotopic (exact) mass is 235 g/mol. The fourth-order valence-corrected chi connectivity index (χ4v) is 1.85. The van der Waals surface area contributed by atoms with E-state index in [1.807, 2.05) is 0 Å². The molecule has 1 aromatic rings. The van der Waals surface area contributed by atoms with E-state index >= 15 is 0 Å². The fraction of sp³-hybridized carbons (Fsp3) is 0.600. The van der Waals surface area contributed by atoms with Gasteiger partial charge in [-0.2, -0.15) is 0 Å². The summed E-state index contributed by atoms with van der Waals surface area (Å²) in [5.41, 5.74) is 3.78. The molecular formula is C15H25NO. The van der Waals surface area contributed by atoms with Gasteiger partial charge in [-0.3, -0.25) is 0 Å². The average molecular weight is 235 g/mol. The standard InChI is InChI=1S/C15H25NO/c1-6-14(10-16-7-2)17-15-12(4)9-8-11(3)13(15)5/h8-9,14,16H,6-7,10H2,1-5H3. The molecule has 0 spiro atoms. The van der Waals surface area contributed by atoms with Crippen molar-refractivity contribution in [3.8, 4) is 5.75 Å². The normalized spacial score (nSPS) is 12.5. The molecule has 1 N–H and O–H groups in total. The van der Waals surface area contributed by atoms with Crippen LogP contribution in [0, 0.1) is 20.8 Å². The van der Waals surface area contributed by atoms with E-state index in [1.165, 1.54) is 16.7 Å². The molecule has 0 aliphatic carbocycles. The van der Waals surface area contributed by atoms with E-state index in [9.17, 15) is 0 Å². The van der Waals surface area contributed by atoms with Gasteiger partial charge in [0, 0.05) is 6.54 Å². The predicted octanol–water partition coefficient (Wildman–Crippen LogP) is 3.38. The zero-order valence-corrected chi connectivity index (χ0v) is 11.8. The molecule has 1 aromatic carbocycles. The highest BCUT2D eigenvalue weighted by Crippen LogP contribution is 2.27. The van der Waals surface area contributed by atoms with E-state index < -0.39 is 0 Å². The molecule has 1 unspecified atom stereocenters. The number of hydrogen-bond acceptors (Lipinski definition) is 2. The molecule has 0 saturated carbocycles. The van der Waals surface area contributed by atoms with Gasteiger partial charge >= 0.3 is 0 Å². The first-order valence-electron chi connectivity index (χ1n) is 6.54. The van der Waals surface area contributed by atoms with E-state index in [-0.39, 0.29) is 6.10 Å². The first-order chi connectivity index (χ1) is 8.10. The Bertz CT molecular complexity index is 360. The molecule has 0 fully saturated rings. The van der Waals surface area contributed by atoms with Crippen molar-refractivity contribution >= 4 is 0 Å². The van der Waals surface area contributed by atoms with E-state index in [4.69, 9.17) is 4.74 Å². The Balaban J connectivity index is 2.81. The maximum absolute atomic E-state index is 6.15. The SMILES string of the molecule is CCNCC(CC)Oc1c(C)ccc(C)c1C. The molecule has 17 heavy (non-hydrogen) atoms. The molecular weight excluding hydrogens is 210 g/mol. The van der Waals surface area contributed by atoms with Gasteiger partial charge in [0.2, 0.25) is 0 Å². The van der Waals surface area contributed by atoms with Crippen LogP contribution < -0.4 is 10.1 Å². The molecule has 96 valence electrons. The van der Waals surface area contributed by atoms with Crippen LogP contribution in [0.15, 0.2) is 12.1 Å². The van der Waals surface area contributed by atoms with Crippen LogP contribution in [0.25, 0.3) is 0 Å². The molecule has 0 radical (unpaired) electrons. The molecule has 1 rings (SSSR count). The maximum Gasteiger partial charge on any atom is 0.125 e. The molecule has 0 bridgehead atoms. The Morgan fingerprint density at radius 2 is 1.76 bits per heavy atom. The van der Waals surface area contributed by atoms with Crippen LogP contribution in [0.5, 0.6) is 5.75 Å². The van der Waals surface area contributed by atoms with E-state index in [2.05, 4.69) is 52.1 Å². The Labute approximate surface area is 105 Å². The number of benzene rings is 1. The fourth-order valence-electron chi connectivity index (χ4n) is 1.85. The summed E-state index contributed by atoms with van der Waals surface area (Å²) in [7, 11) is 0. The first-order valence-corrected chi connectivity index (χ1v) is 6.54. The summed E-state index contributed by atoms with van der Waals surface area (Å²) in [5.74, 6) is 1.06. The van der Waals surface area contributed by atoms with Crippen molar-refractivity contribution in [1.29, 1.82) is 0 Å². The largest absolute Gasteiger partial charge is 0.489 e. The molecule has 0 amide bonds. The van der Waals surface area contributed by atoms with Crippen molar-refractivity contribution < 1.29 is 4.74 Å². The van der Waals surface area contributed by atoms with Gasteiger partial charge in [0.1, 0.15) is 11.9 Å². The van der Waals surface area contributed by atoms with Gasteiger partial charge in [-0.1, -0.05) is 26.0 Å². The van der Waals surface area contributed by atoms with Crippen molar-refractivity contribution in [2.24, 2.45) is 0 Å². The van der Waals surface area contributed by atoms with Crippen LogP contribution in [0.1, 0.15) is 37.0 Å². The second-order valence-corrected chi connectivity index (χ2v) is 4.61. The number of aryl methyl sites for hydroxylation is 2. The van der Waals surface area contributed by atoms with Crippen LogP contribution in [-0.2, 0) is 0 Å². The third kappa shape index (κ3) is 3.74. The van der Waals surface area contributed by atoms with Crippen molar-refractivity contribution in [3.63, 3.8) is 0 Å². The molecule has 0 aromatic heterocycles. The van der Waals surface area contributed by atoms with E-state index in [0.717, 1.165) is 25.3 Å². The van der Waals surface area contributed by atoms with Gasteiger partial charge in [-0.25, -0.2) is 0 Å². The lowest BCUT2D eigenvalue weighted by Gasteiger charge is -2.21. The summed E-state index contributed by atoms with van der Waals surface area (Å²) in [4.78, 5) is 0. The van der Waals surface area contributed by atoms with Crippen LogP contribution in [0.4, 0.5) is 0 Å². The topological polar surface area (TPSA) is 21.3 Å². The smallest absolute Gasteiger partial charge is 0.125 e. The number of likely N-dealkylation sites (N-methyl/N-ethyl adjacent to an activating group) is 1. The van der Waals surface area contributed by atoms with Crippen molar-refractivity contribution in [1.82, 2.24) is 5.32 Å². The zero-order valence-electron chi connectivity index (χ0n) is 11.8. The van der Waals surface area contributed by atoms with Gasteiger partial charge in [-0.15, -0.1) is 0 Å². The van der Waals surface area contributed by atoms with E-state index in [1.54, 1.807) is 0 Å². The lowest BCUT2D eigenvalue weighted by Crippen LogP contribution is -2.31. The summed E-state index contributed by atoms with van der Waals surface area (Å²) in [6.45, 7) is 12.6. The van der Waals surface area contributed by atoms with Gasteiger partial charge in [0.25, 0.3) is 0 Å². The highest BCUT2D eigenvalue weighted by Gasteiger charge is 2.12. The highest BCUT2D eigenvalue weighted by molar-refractivity contribution is 5.44. The number of ether oxygens (including phenoxy) is 1. The van der Waals surface area contributed by atoms with Crippen molar-refractivity contribution in [2.75, 3.05) is 13.1 Å². The van der Waals surface area contributed by atoms with Gasteiger partial charge in [0.05, 0.1) is 0 Å². The summed E-state index contributed by atoms with van der Waals surface area (Å²) >= 11 is 0. The molecule has 0 aliphatic heterocycles. The molecule has 0 saturated heterocycles. The van der Waals surface area contributed by atoms with Crippen LogP contribution in [-0.4, -0.2) is 19.2 Å². The average Bonchev–Trinajstić information content (AvgIpc) is 2.33. The molecule has 2 nitrogen and oxygen atoms in total. The molecule has 0 heterocycles. The van der Waals surface area contributed by atoms with Crippen molar-refractivity contribution in [2.45, 2.75) is 47.1 Å². The summed E-state index contributed by atoms with van der Waals surface area (Å²) < 4.78 is 6.15. The Morgan fingerprint density at radius 3 is 2.35 bits per heavy atom. The number of rotatable bonds is 6. The van der Waals surface area contributed by atoms with Gasteiger partial charge < -0.3 is 10.1 Å². The minimum atomic E-state index is 0.258. The second-order valence-electron chi connectivity index (χ2n) is 4.61. The Morgan fingerprint density at radius 1 is 1.12 bits per heavy atom. The van der Waals surface area contributed by atoms with Gasteiger partial charge in [-0.05, 0) is 50.4 Å². The summed E-state index contributed by atoms with van der Waals surface area (Å²) in [6, 6.07) is 4.29. The summed E-state index contributed by atoms with van der Waals surface area (Å²) in [6.07, 6.45) is 1.29. The second kappa shape index (κ2) is 6.65. The number of nitrogens with one attached hydrogen (secondary N) is 1. The Hall–Kier alpha value is -1.02. The van der Waals surface area contributed by atoms with Crippen molar-refractivity contribution in [3.05, 3.63) is 28.8 Å². The minimum Gasteiger partial charge on any atom is -0.489 e. The van der Waals surface area contributed by atoms with Crippen LogP contribution in [0.3, 0.4) is 0 Å². The number of hydrogen-bond donors (Lipinski definition) is 1. The third-order valence-electron chi connectivity index (χ3n) is 3.24. The van der Waals surface area contributed by atoms with Crippen LogP contribution >= 0.6 is 0 Å². The molecule has 2 heteroatoms. The molecule has 1 atom stereocenters. The lowest BCUT2D eigenvalue weighted by atomic mass is 10.1. The first kappa shape index (κ1) is 14.0. The highest BCUT2D eigenvalue weighted by atomic mass is 16.5. The molecule has 0 aliphatic rings. The quantitative estimate of drug-likeness (QED) is 0.816. The van der Waals surface area contributed by atoms with Crippen LogP contribution in [0.2, 0.25) is 0 Å². The van der Waals surface area contributed by atoms with E-state index in [0.29, 0.717) is 0 Å². The minimum absolute atomic E-state index is 0.258. The predicted molar refractivity (Wildman–Crippen MR) is 73.9 cm³/mol. The Kier molecular flexibility index (Phi) is 5.49. The zero-order chi connectivity index (χ0) is 12.8.